The molecule has 0 radical (unpaired) electrons. The first-order valence-corrected chi connectivity index (χ1v) is 9.49. The summed E-state index contributed by atoms with van der Waals surface area (Å²) in [7, 11) is 0. The van der Waals surface area contributed by atoms with E-state index < -0.39 is 0 Å². The first kappa shape index (κ1) is 17.8. The van der Waals surface area contributed by atoms with Crippen molar-refractivity contribution in [3.63, 3.8) is 0 Å². The van der Waals surface area contributed by atoms with Gasteiger partial charge in [-0.05, 0) is 54.5 Å². The van der Waals surface area contributed by atoms with Crippen molar-refractivity contribution in [1.82, 2.24) is 14.6 Å². The number of rotatable bonds is 5. The summed E-state index contributed by atoms with van der Waals surface area (Å²) in [6, 6.07) is 16.4. The van der Waals surface area contributed by atoms with E-state index in [9.17, 15) is 0 Å². The van der Waals surface area contributed by atoms with Gasteiger partial charge in [0.2, 0.25) is 0 Å². The third kappa shape index (κ3) is 5.25. The molecule has 0 amide bonds. The Morgan fingerprint density at radius 2 is 1.88 bits per heavy atom. The molecule has 2 fully saturated rings. The average Bonchev–Trinajstić information content (AvgIpc) is 2.57. The minimum Gasteiger partial charge on any atom is -0.386 e. The second kappa shape index (κ2) is 8.41. The maximum absolute atomic E-state index is 5.31. The highest BCUT2D eigenvalue weighted by Gasteiger charge is 2.47. The minimum absolute atomic E-state index is 0.468. The maximum atomic E-state index is 5.31. The van der Waals surface area contributed by atoms with Gasteiger partial charge >= 0.3 is 0 Å². The van der Waals surface area contributed by atoms with Crippen LogP contribution in [-0.4, -0.2) is 22.4 Å². The molecular formula is C20H26N4S. The molecule has 0 atom stereocenters. The lowest BCUT2D eigenvalue weighted by molar-refractivity contribution is -0.00153. The highest BCUT2D eigenvalue weighted by atomic mass is 32.2. The van der Waals surface area contributed by atoms with Crippen LogP contribution in [0.5, 0.6) is 0 Å². The normalized spacial score (nSPS) is 17.6. The summed E-state index contributed by atoms with van der Waals surface area (Å²) in [6.07, 6.45) is 6.15. The van der Waals surface area contributed by atoms with Crippen LogP contribution < -0.4 is 11.1 Å². The molecule has 1 saturated carbocycles. The zero-order valence-corrected chi connectivity index (χ0v) is 15.3. The summed E-state index contributed by atoms with van der Waals surface area (Å²) in [5.41, 5.74) is 7.02. The quantitative estimate of drug-likeness (QED) is 0.800. The average molecular weight is 355 g/mol. The second-order valence-corrected chi connectivity index (χ2v) is 7.93. The molecule has 2 aliphatic rings. The van der Waals surface area contributed by atoms with E-state index >= 15 is 0 Å². The van der Waals surface area contributed by atoms with Gasteiger partial charge in [0.25, 0.3) is 0 Å². The van der Waals surface area contributed by atoms with Crippen LogP contribution in [-0.2, 0) is 6.54 Å². The second-order valence-electron chi connectivity index (χ2n) is 6.76. The third-order valence-electron chi connectivity index (χ3n) is 4.64. The third-order valence-corrected chi connectivity index (χ3v) is 5.64. The molecule has 3 N–H and O–H groups in total. The van der Waals surface area contributed by atoms with E-state index in [0.29, 0.717) is 12.4 Å². The Morgan fingerprint density at radius 1 is 1.16 bits per heavy atom. The Kier molecular flexibility index (Phi) is 6.00. The molecule has 2 heterocycles. The lowest BCUT2D eigenvalue weighted by Crippen LogP contribution is -2.56. The van der Waals surface area contributed by atoms with E-state index in [0.717, 1.165) is 11.1 Å². The molecular weight excluding hydrogens is 328 g/mol. The van der Waals surface area contributed by atoms with E-state index in [1.165, 1.54) is 37.2 Å². The van der Waals surface area contributed by atoms with Gasteiger partial charge in [0.15, 0.2) is 0 Å². The number of nitrogens with zero attached hydrogens (tertiary/aromatic N) is 2. The zero-order valence-electron chi connectivity index (χ0n) is 14.5. The number of nitrogens with two attached hydrogens (primary N) is 1. The van der Waals surface area contributed by atoms with Crippen molar-refractivity contribution in [2.75, 3.05) is 13.1 Å². The Bertz CT molecular complexity index is 663. The Hall–Kier alpha value is -1.98. The predicted molar refractivity (Wildman–Crippen MR) is 105 cm³/mol. The predicted octanol–water partition coefficient (Wildman–Crippen LogP) is 3.78. The van der Waals surface area contributed by atoms with Crippen molar-refractivity contribution in [2.24, 2.45) is 11.1 Å². The van der Waals surface area contributed by atoms with Crippen LogP contribution in [0.2, 0.25) is 0 Å². The van der Waals surface area contributed by atoms with E-state index in [1.54, 1.807) is 6.20 Å². The molecule has 4 nitrogen and oxygen atoms in total. The van der Waals surface area contributed by atoms with E-state index in [-0.39, 0.29) is 0 Å². The first-order valence-electron chi connectivity index (χ1n) is 8.71. The van der Waals surface area contributed by atoms with Crippen LogP contribution in [0.1, 0.15) is 25.0 Å². The van der Waals surface area contributed by atoms with Gasteiger partial charge < -0.3 is 11.1 Å². The van der Waals surface area contributed by atoms with Gasteiger partial charge in [-0.2, -0.15) is 0 Å². The van der Waals surface area contributed by atoms with Gasteiger partial charge in [-0.3, -0.25) is 4.98 Å². The van der Waals surface area contributed by atoms with Gasteiger partial charge in [-0.15, -0.1) is 0 Å². The van der Waals surface area contributed by atoms with Crippen molar-refractivity contribution in [3.8, 4) is 0 Å². The Labute approximate surface area is 154 Å². The fourth-order valence-electron chi connectivity index (χ4n) is 3.10. The number of hydrogen-bond donors (Lipinski definition) is 2. The molecule has 1 aliphatic heterocycles. The van der Waals surface area contributed by atoms with Gasteiger partial charge in [-0.25, -0.2) is 4.31 Å². The number of aromatic nitrogens is 1. The summed E-state index contributed by atoms with van der Waals surface area (Å²) < 4.78 is 2.49. The molecule has 25 heavy (non-hydrogen) atoms. The molecule has 132 valence electrons. The van der Waals surface area contributed by atoms with Crippen LogP contribution in [0.3, 0.4) is 0 Å². The van der Waals surface area contributed by atoms with Gasteiger partial charge in [0, 0.05) is 24.2 Å². The van der Waals surface area contributed by atoms with Gasteiger partial charge in [0.05, 0.1) is 18.1 Å². The van der Waals surface area contributed by atoms with Crippen molar-refractivity contribution in [3.05, 3.63) is 72.8 Å². The highest BCUT2D eigenvalue weighted by molar-refractivity contribution is 7.97. The standard InChI is InChI=1S/C12H15NS.C8H11N3/c1-2-5-11(6-3-1)14-13-9-12(10-13)7-4-8-12;1-7(9)11-6-8-4-2-3-5-10-8/h1-3,5-6H,4,7-10H2;2-5,11H,1,6,9H2. The molecule has 1 spiro atoms. The maximum Gasteiger partial charge on any atom is 0.0889 e. The molecule has 5 heteroatoms. The Balaban J connectivity index is 0.000000151. The minimum atomic E-state index is 0.468. The summed E-state index contributed by atoms with van der Waals surface area (Å²) in [5.74, 6) is 0.468. The lowest BCUT2D eigenvalue weighted by Gasteiger charge is -2.55. The number of benzene rings is 1. The van der Waals surface area contributed by atoms with E-state index in [1.807, 2.05) is 30.1 Å². The number of pyridine rings is 1. The largest absolute Gasteiger partial charge is 0.386 e. The molecule has 4 rings (SSSR count). The van der Waals surface area contributed by atoms with E-state index in [2.05, 4.69) is 51.5 Å². The number of hydrogen-bond acceptors (Lipinski definition) is 5. The zero-order chi connectivity index (χ0) is 17.5. The molecule has 1 aromatic heterocycles. The molecule has 1 saturated heterocycles. The summed E-state index contributed by atoms with van der Waals surface area (Å²) in [5, 5.41) is 2.88. The van der Waals surface area contributed by atoms with Crippen molar-refractivity contribution in [1.29, 1.82) is 0 Å². The molecule has 0 unspecified atom stereocenters. The summed E-state index contributed by atoms with van der Waals surface area (Å²) in [6.45, 7) is 6.77. The SMILES string of the molecule is C=C(N)NCc1ccccn1.c1ccc(SN2CC3(CCC3)C2)cc1. The van der Waals surface area contributed by atoms with Crippen LogP contribution in [0, 0.1) is 5.41 Å². The van der Waals surface area contributed by atoms with Gasteiger partial charge in [0.1, 0.15) is 0 Å². The smallest absolute Gasteiger partial charge is 0.0889 e. The van der Waals surface area contributed by atoms with Crippen molar-refractivity contribution in [2.45, 2.75) is 30.7 Å². The fraction of sp³-hybridized carbons (Fsp3) is 0.350. The van der Waals surface area contributed by atoms with Crippen LogP contribution in [0.4, 0.5) is 0 Å². The molecule has 0 bridgehead atoms. The fourth-order valence-corrected chi connectivity index (χ4v) is 4.35. The molecule has 2 aromatic rings. The van der Waals surface area contributed by atoms with E-state index in [4.69, 9.17) is 5.73 Å². The highest BCUT2D eigenvalue weighted by Crippen LogP contribution is 2.51. The first-order chi connectivity index (χ1) is 12.2. The summed E-state index contributed by atoms with van der Waals surface area (Å²) in [4.78, 5) is 5.47. The van der Waals surface area contributed by atoms with Crippen molar-refractivity contribution >= 4 is 11.9 Å². The van der Waals surface area contributed by atoms with Crippen molar-refractivity contribution < 1.29 is 0 Å². The topological polar surface area (TPSA) is 54.2 Å². The molecule has 1 aromatic carbocycles. The van der Waals surface area contributed by atoms with Crippen LogP contribution in [0.15, 0.2) is 72.0 Å². The van der Waals surface area contributed by atoms with Gasteiger partial charge in [-0.1, -0.05) is 37.3 Å². The Morgan fingerprint density at radius 3 is 2.44 bits per heavy atom. The van der Waals surface area contributed by atoms with Crippen LogP contribution >= 0.6 is 11.9 Å². The lowest BCUT2D eigenvalue weighted by atomic mass is 9.65. The van der Waals surface area contributed by atoms with Crippen LogP contribution in [0.25, 0.3) is 0 Å². The monoisotopic (exact) mass is 354 g/mol. The summed E-state index contributed by atoms with van der Waals surface area (Å²) >= 11 is 1.92. The number of nitrogens with one attached hydrogen (secondary N) is 1. The molecule has 1 aliphatic carbocycles.